The Bertz CT molecular complexity index is 469. The lowest BCUT2D eigenvalue weighted by atomic mass is 10.2. The summed E-state index contributed by atoms with van der Waals surface area (Å²) >= 11 is 1.25. The van der Waals surface area contributed by atoms with Gasteiger partial charge >= 0.3 is 5.69 Å². The molecule has 0 bridgehead atoms. The van der Waals surface area contributed by atoms with E-state index in [4.69, 9.17) is 0 Å². The van der Waals surface area contributed by atoms with Gasteiger partial charge < -0.3 is 15.1 Å². The predicted octanol–water partition coefficient (Wildman–Crippen LogP) is 2.45. The number of aliphatic hydroxyl groups is 2. The molecule has 6 nitrogen and oxygen atoms in total. The van der Waals surface area contributed by atoms with E-state index in [1.54, 1.807) is 6.92 Å². The molecule has 1 atom stereocenters. The van der Waals surface area contributed by atoms with Crippen LogP contribution in [-0.2, 0) is 0 Å². The fourth-order valence-electron chi connectivity index (χ4n) is 2.71. The monoisotopic (exact) mass is 300 g/mol. The lowest BCUT2D eigenvalue weighted by molar-refractivity contribution is -0.383. The number of hydrogen-bond acceptors (Lipinski definition) is 6. The van der Waals surface area contributed by atoms with Crippen LogP contribution in [0.2, 0.25) is 0 Å². The average Bonchev–Trinajstić information content (AvgIpc) is 3.05. The van der Waals surface area contributed by atoms with Crippen molar-refractivity contribution in [2.45, 2.75) is 44.8 Å². The summed E-state index contributed by atoms with van der Waals surface area (Å²) in [5, 5.41) is 30.7. The van der Waals surface area contributed by atoms with E-state index in [1.807, 2.05) is 4.90 Å². The van der Waals surface area contributed by atoms with Gasteiger partial charge in [-0.1, -0.05) is 12.8 Å². The molecule has 1 fully saturated rings. The molecule has 0 saturated heterocycles. The van der Waals surface area contributed by atoms with Crippen LogP contribution in [0.15, 0.2) is 6.07 Å². The Balaban J connectivity index is 2.37. The molecule has 1 aromatic heterocycles. The molecule has 20 heavy (non-hydrogen) atoms. The van der Waals surface area contributed by atoms with Gasteiger partial charge in [-0.15, -0.1) is 11.3 Å². The highest BCUT2D eigenvalue weighted by atomic mass is 32.1. The zero-order chi connectivity index (χ0) is 14.7. The number of nitro groups is 1. The Morgan fingerprint density at radius 3 is 2.70 bits per heavy atom. The summed E-state index contributed by atoms with van der Waals surface area (Å²) < 4.78 is 0. The van der Waals surface area contributed by atoms with Gasteiger partial charge in [0.1, 0.15) is 0 Å². The standard InChI is InChI=1S/C13H20N2O4S/c1-9(17)12-8-11(15(18)19)13(20-12)14(6-7-16)10-4-2-3-5-10/h8-10,16-17H,2-7H2,1H3/t9-/m0/s1. The van der Waals surface area contributed by atoms with E-state index < -0.39 is 11.0 Å². The van der Waals surface area contributed by atoms with Crippen molar-refractivity contribution >= 4 is 22.0 Å². The first-order valence-electron chi connectivity index (χ1n) is 6.88. The largest absolute Gasteiger partial charge is 0.395 e. The highest BCUT2D eigenvalue weighted by molar-refractivity contribution is 7.16. The van der Waals surface area contributed by atoms with Crippen molar-refractivity contribution < 1.29 is 15.1 Å². The van der Waals surface area contributed by atoms with Crippen LogP contribution >= 0.6 is 11.3 Å². The summed E-state index contributed by atoms with van der Waals surface area (Å²) in [5.41, 5.74) is 0.0336. The van der Waals surface area contributed by atoms with Gasteiger partial charge in [0.05, 0.1) is 17.6 Å². The van der Waals surface area contributed by atoms with Crippen LogP contribution < -0.4 is 4.90 Å². The summed E-state index contributed by atoms with van der Waals surface area (Å²) in [5.74, 6) is 0. The van der Waals surface area contributed by atoms with Crippen LogP contribution in [0.25, 0.3) is 0 Å². The maximum atomic E-state index is 11.2. The number of nitrogens with zero attached hydrogens (tertiary/aromatic N) is 2. The highest BCUT2D eigenvalue weighted by Crippen LogP contribution is 2.42. The van der Waals surface area contributed by atoms with Gasteiger partial charge in [0.25, 0.3) is 0 Å². The molecule has 2 rings (SSSR count). The molecule has 1 aliphatic carbocycles. The van der Waals surface area contributed by atoms with Gasteiger partial charge in [-0.25, -0.2) is 0 Å². The maximum absolute atomic E-state index is 11.2. The second-order valence-electron chi connectivity index (χ2n) is 5.13. The lowest BCUT2D eigenvalue weighted by Gasteiger charge is -2.28. The molecule has 0 unspecified atom stereocenters. The minimum absolute atomic E-state index is 0.0322. The van der Waals surface area contributed by atoms with E-state index >= 15 is 0 Å². The van der Waals surface area contributed by atoms with E-state index in [9.17, 15) is 20.3 Å². The van der Waals surface area contributed by atoms with Crippen LogP contribution in [0.5, 0.6) is 0 Å². The first-order chi connectivity index (χ1) is 9.54. The first kappa shape index (κ1) is 15.2. The molecular formula is C13H20N2O4S. The molecule has 112 valence electrons. The normalized spacial score (nSPS) is 17.4. The van der Waals surface area contributed by atoms with Gasteiger partial charge in [-0.05, 0) is 19.8 Å². The third-order valence-electron chi connectivity index (χ3n) is 3.69. The third-order valence-corrected chi connectivity index (χ3v) is 5.02. The predicted molar refractivity (Wildman–Crippen MR) is 78.3 cm³/mol. The molecule has 0 aliphatic heterocycles. The van der Waals surface area contributed by atoms with E-state index in [-0.39, 0.29) is 18.3 Å². The molecule has 7 heteroatoms. The molecular weight excluding hydrogens is 280 g/mol. The van der Waals surface area contributed by atoms with Crippen molar-refractivity contribution in [1.29, 1.82) is 0 Å². The molecule has 0 spiro atoms. The molecule has 2 N–H and O–H groups in total. The van der Waals surface area contributed by atoms with Crippen LogP contribution in [-0.4, -0.2) is 34.3 Å². The Labute approximate surface area is 121 Å². The topological polar surface area (TPSA) is 86.8 Å². The van der Waals surface area contributed by atoms with Crippen molar-refractivity contribution in [3.05, 3.63) is 21.1 Å². The SMILES string of the molecule is C[C@H](O)c1cc([N+](=O)[O-])c(N(CCO)C2CCCC2)s1. The van der Waals surface area contributed by atoms with Crippen LogP contribution in [0.4, 0.5) is 10.7 Å². The first-order valence-corrected chi connectivity index (χ1v) is 7.70. The molecule has 1 saturated carbocycles. The molecule has 0 amide bonds. The number of anilines is 1. The zero-order valence-corrected chi connectivity index (χ0v) is 12.3. The fraction of sp³-hybridized carbons (Fsp3) is 0.692. The van der Waals surface area contributed by atoms with Gasteiger partial charge in [0.2, 0.25) is 0 Å². The Hall–Kier alpha value is -1.18. The Morgan fingerprint density at radius 2 is 2.20 bits per heavy atom. The third kappa shape index (κ3) is 3.11. The minimum atomic E-state index is -0.716. The highest BCUT2D eigenvalue weighted by Gasteiger charge is 2.30. The van der Waals surface area contributed by atoms with Crippen molar-refractivity contribution in [3.8, 4) is 0 Å². The summed E-state index contributed by atoms with van der Waals surface area (Å²) in [4.78, 5) is 13.4. The number of thiophene rings is 1. The summed E-state index contributed by atoms with van der Waals surface area (Å²) in [7, 11) is 0. The Kier molecular flexibility index (Phi) is 4.95. The molecule has 1 heterocycles. The lowest BCUT2D eigenvalue weighted by Crippen LogP contribution is -2.35. The smallest absolute Gasteiger partial charge is 0.304 e. The molecule has 0 aromatic carbocycles. The van der Waals surface area contributed by atoms with Crippen LogP contribution in [0.3, 0.4) is 0 Å². The minimum Gasteiger partial charge on any atom is -0.395 e. The number of aliphatic hydroxyl groups excluding tert-OH is 2. The van der Waals surface area contributed by atoms with E-state index in [1.165, 1.54) is 17.4 Å². The second kappa shape index (κ2) is 6.51. The fourth-order valence-corrected chi connectivity index (χ4v) is 3.87. The number of hydrogen-bond donors (Lipinski definition) is 2. The van der Waals surface area contributed by atoms with Gasteiger partial charge in [-0.3, -0.25) is 10.1 Å². The average molecular weight is 300 g/mol. The van der Waals surface area contributed by atoms with Crippen molar-refractivity contribution in [1.82, 2.24) is 0 Å². The van der Waals surface area contributed by atoms with Crippen molar-refractivity contribution in [2.75, 3.05) is 18.1 Å². The van der Waals surface area contributed by atoms with E-state index in [0.717, 1.165) is 25.7 Å². The van der Waals surface area contributed by atoms with Crippen LogP contribution in [0, 0.1) is 10.1 Å². The second-order valence-corrected chi connectivity index (χ2v) is 6.19. The zero-order valence-electron chi connectivity index (χ0n) is 11.5. The van der Waals surface area contributed by atoms with Crippen LogP contribution in [0.1, 0.15) is 43.6 Å². The van der Waals surface area contributed by atoms with Crippen molar-refractivity contribution in [2.24, 2.45) is 0 Å². The van der Waals surface area contributed by atoms with Gasteiger partial charge in [-0.2, -0.15) is 0 Å². The molecule has 1 aliphatic rings. The van der Waals surface area contributed by atoms with E-state index in [2.05, 4.69) is 0 Å². The summed E-state index contributed by atoms with van der Waals surface area (Å²) in [6.07, 6.45) is 3.52. The number of rotatable bonds is 6. The Morgan fingerprint density at radius 1 is 1.55 bits per heavy atom. The van der Waals surface area contributed by atoms with Gasteiger partial charge in [0, 0.05) is 23.5 Å². The summed E-state index contributed by atoms with van der Waals surface area (Å²) in [6.45, 7) is 1.96. The molecule has 1 aromatic rings. The summed E-state index contributed by atoms with van der Waals surface area (Å²) in [6, 6.07) is 1.70. The molecule has 0 radical (unpaired) electrons. The quantitative estimate of drug-likeness (QED) is 0.622. The van der Waals surface area contributed by atoms with Gasteiger partial charge in [0.15, 0.2) is 5.00 Å². The maximum Gasteiger partial charge on any atom is 0.304 e. The van der Waals surface area contributed by atoms with E-state index in [0.29, 0.717) is 16.4 Å². The van der Waals surface area contributed by atoms with Crippen molar-refractivity contribution in [3.63, 3.8) is 0 Å².